The standard InChI is InChI=1S/C23H26O2/c1-14-10-16(3)21(17(4)11-14)23(20(25)8-7-9-24)22-18(5)12-15(2)13-19(22)6/h10-13,24-25H,9H2,1-6H3. The molecule has 0 heterocycles. The second kappa shape index (κ2) is 7.59. The molecule has 0 aliphatic heterocycles. The normalized spacial score (nSPS) is 10.2. The number of benzene rings is 2. The lowest BCUT2D eigenvalue weighted by Gasteiger charge is -2.20. The first-order chi connectivity index (χ1) is 11.8. The molecule has 2 aromatic carbocycles. The molecule has 0 saturated heterocycles. The van der Waals surface area contributed by atoms with E-state index in [2.05, 4.69) is 77.6 Å². The number of aliphatic hydroxyl groups excluding tert-OH is 2. The molecule has 0 spiro atoms. The van der Waals surface area contributed by atoms with Crippen LogP contribution < -0.4 is 0 Å². The van der Waals surface area contributed by atoms with Crippen molar-refractivity contribution in [3.05, 3.63) is 74.5 Å². The van der Waals surface area contributed by atoms with Gasteiger partial charge in [-0.2, -0.15) is 0 Å². The highest BCUT2D eigenvalue weighted by Crippen LogP contribution is 2.35. The number of hydrogen-bond donors (Lipinski definition) is 2. The van der Waals surface area contributed by atoms with Gasteiger partial charge in [0.25, 0.3) is 0 Å². The number of allylic oxidation sites excluding steroid dienone is 1. The zero-order valence-corrected chi connectivity index (χ0v) is 15.9. The van der Waals surface area contributed by atoms with Gasteiger partial charge in [-0.15, -0.1) is 0 Å². The Kier molecular flexibility index (Phi) is 5.72. The largest absolute Gasteiger partial charge is 0.500 e. The van der Waals surface area contributed by atoms with Crippen molar-refractivity contribution in [2.75, 3.05) is 6.61 Å². The van der Waals surface area contributed by atoms with Crippen LogP contribution in [0.25, 0.3) is 5.57 Å². The summed E-state index contributed by atoms with van der Waals surface area (Å²) in [6, 6.07) is 8.48. The summed E-state index contributed by atoms with van der Waals surface area (Å²) in [6.07, 6.45) is 0. The topological polar surface area (TPSA) is 40.5 Å². The summed E-state index contributed by atoms with van der Waals surface area (Å²) in [5.41, 5.74) is 9.54. The molecule has 130 valence electrons. The molecule has 0 bridgehead atoms. The molecular formula is C23H26O2. The van der Waals surface area contributed by atoms with Gasteiger partial charge in [0.1, 0.15) is 6.61 Å². The molecule has 2 N–H and O–H groups in total. The quantitative estimate of drug-likeness (QED) is 0.609. The average molecular weight is 334 g/mol. The van der Waals surface area contributed by atoms with Crippen LogP contribution in [0.4, 0.5) is 0 Å². The highest BCUT2D eigenvalue weighted by molar-refractivity contribution is 5.88. The molecule has 25 heavy (non-hydrogen) atoms. The zero-order chi connectivity index (χ0) is 18.7. The first-order valence-electron chi connectivity index (χ1n) is 8.45. The van der Waals surface area contributed by atoms with E-state index in [-0.39, 0.29) is 12.4 Å². The lowest BCUT2D eigenvalue weighted by Crippen LogP contribution is -2.04. The van der Waals surface area contributed by atoms with Gasteiger partial charge in [-0.25, -0.2) is 0 Å². The Bertz CT molecular complexity index is 800. The van der Waals surface area contributed by atoms with Crippen LogP contribution in [-0.4, -0.2) is 16.8 Å². The molecule has 0 aliphatic carbocycles. The molecule has 2 rings (SSSR count). The molecule has 0 radical (unpaired) electrons. The third-order valence-electron chi connectivity index (χ3n) is 4.38. The predicted molar refractivity (Wildman–Crippen MR) is 105 cm³/mol. The van der Waals surface area contributed by atoms with Gasteiger partial charge in [0.05, 0.1) is 0 Å². The Morgan fingerprint density at radius 1 is 0.760 bits per heavy atom. The van der Waals surface area contributed by atoms with E-state index in [4.69, 9.17) is 5.11 Å². The van der Waals surface area contributed by atoms with E-state index < -0.39 is 0 Å². The lowest BCUT2D eigenvalue weighted by atomic mass is 9.84. The minimum absolute atomic E-state index is 0.000781. The smallest absolute Gasteiger partial charge is 0.175 e. The minimum atomic E-state index is -0.283. The van der Waals surface area contributed by atoms with E-state index in [0.717, 1.165) is 39.0 Å². The van der Waals surface area contributed by atoms with Crippen LogP contribution in [0, 0.1) is 53.4 Å². The van der Waals surface area contributed by atoms with Crippen LogP contribution in [0.3, 0.4) is 0 Å². The van der Waals surface area contributed by atoms with E-state index >= 15 is 0 Å². The van der Waals surface area contributed by atoms with Crippen LogP contribution in [0.5, 0.6) is 0 Å². The van der Waals surface area contributed by atoms with Gasteiger partial charge in [0.15, 0.2) is 5.76 Å². The molecule has 0 aliphatic rings. The van der Waals surface area contributed by atoms with Crippen molar-refractivity contribution in [2.45, 2.75) is 41.5 Å². The maximum absolute atomic E-state index is 10.8. The van der Waals surface area contributed by atoms with E-state index in [0.29, 0.717) is 0 Å². The monoisotopic (exact) mass is 334 g/mol. The molecule has 0 unspecified atom stereocenters. The third-order valence-corrected chi connectivity index (χ3v) is 4.38. The van der Waals surface area contributed by atoms with E-state index in [1.54, 1.807) is 0 Å². The molecule has 0 fully saturated rings. The summed E-state index contributed by atoms with van der Waals surface area (Å²) in [4.78, 5) is 0. The molecular weight excluding hydrogens is 308 g/mol. The Morgan fingerprint density at radius 3 is 1.44 bits per heavy atom. The SMILES string of the molecule is Cc1cc(C)c(C(=C(O)C#CCO)c2c(C)cc(C)cc2C)c(C)c1. The van der Waals surface area contributed by atoms with Crippen molar-refractivity contribution in [3.8, 4) is 11.8 Å². The second-order valence-corrected chi connectivity index (χ2v) is 6.73. The van der Waals surface area contributed by atoms with Crippen LogP contribution in [-0.2, 0) is 0 Å². The summed E-state index contributed by atoms with van der Waals surface area (Å²) in [5, 5.41) is 19.8. The van der Waals surface area contributed by atoms with Crippen molar-refractivity contribution < 1.29 is 10.2 Å². The summed E-state index contributed by atoms with van der Waals surface area (Å²) in [7, 11) is 0. The summed E-state index contributed by atoms with van der Waals surface area (Å²) in [5.74, 6) is 5.27. The summed E-state index contributed by atoms with van der Waals surface area (Å²) in [6.45, 7) is 12.1. The van der Waals surface area contributed by atoms with Gasteiger partial charge in [-0.3, -0.25) is 0 Å². The van der Waals surface area contributed by atoms with Crippen molar-refractivity contribution in [3.63, 3.8) is 0 Å². The van der Waals surface area contributed by atoms with Crippen LogP contribution in [0.15, 0.2) is 30.0 Å². The first-order valence-corrected chi connectivity index (χ1v) is 8.45. The van der Waals surface area contributed by atoms with Crippen molar-refractivity contribution >= 4 is 5.57 Å². The fraction of sp³-hybridized carbons (Fsp3) is 0.304. The Labute approximate surface area is 150 Å². The van der Waals surface area contributed by atoms with Crippen molar-refractivity contribution in [1.29, 1.82) is 0 Å². The third kappa shape index (κ3) is 3.95. The number of aliphatic hydroxyl groups is 2. The number of aryl methyl sites for hydroxylation is 6. The Balaban J connectivity index is 2.92. The van der Waals surface area contributed by atoms with E-state index in [1.807, 2.05) is 0 Å². The number of rotatable bonds is 2. The molecule has 0 atom stereocenters. The van der Waals surface area contributed by atoms with Gasteiger partial charge in [-0.05, 0) is 80.8 Å². The molecule has 0 amide bonds. The fourth-order valence-corrected chi connectivity index (χ4v) is 3.70. The van der Waals surface area contributed by atoms with Gasteiger partial charge < -0.3 is 10.2 Å². The lowest BCUT2D eigenvalue weighted by molar-refractivity contribution is 0.350. The molecule has 2 aromatic rings. The van der Waals surface area contributed by atoms with Crippen molar-refractivity contribution in [1.82, 2.24) is 0 Å². The predicted octanol–water partition coefficient (Wildman–Crippen LogP) is 4.85. The summed E-state index contributed by atoms with van der Waals surface area (Å²) < 4.78 is 0. The highest BCUT2D eigenvalue weighted by Gasteiger charge is 2.19. The highest BCUT2D eigenvalue weighted by atomic mass is 16.3. The van der Waals surface area contributed by atoms with Gasteiger partial charge in [-0.1, -0.05) is 41.3 Å². The zero-order valence-electron chi connectivity index (χ0n) is 15.9. The Morgan fingerprint density at radius 2 is 1.12 bits per heavy atom. The second-order valence-electron chi connectivity index (χ2n) is 6.73. The van der Waals surface area contributed by atoms with E-state index in [1.165, 1.54) is 11.1 Å². The van der Waals surface area contributed by atoms with Gasteiger partial charge in [0.2, 0.25) is 0 Å². The van der Waals surface area contributed by atoms with Crippen LogP contribution in [0.2, 0.25) is 0 Å². The minimum Gasteiger partial charge on any atom is -0.500 e. The van der Waals surface area contributed by atoms with Crippen LogP contribution >= 0.6 is 0 Å². The molecule has 0 aromatic heterocycles. The first kappa shape index (κ1) is 18.8. The average Bonchev–Trinajstić information content (AvgIpc) is 2.49. The maximum atomic E-state index is 10.8. The number of hydrogen-bond acceptors (Lipinski definition) is 2. The van der Waals surface area contributed by atoms with Gasteiger partial charge >= 0.3 is 0 Å². The summed E-state index contributed by atoms with van der Waals surface area (Å²) >= 11 is 0. The Hall–Kier alpha value is -2.50. The fourth-order valence-electron chi connectivity index (χ4n) is 3.70. The molecule has 2 heteroatoms. The molecule has 0 saturated carbocycles. The molecule has 2 nitrogen and oxygen atoms in total. The maximum Gasteiger partial charge on any atom is 0.175 e. The van der Waals surface area contributed by atoms with Crippen LogP contribution in [0.1, 0.15) is 44.5 Å². The van der Waals surface area contributed by atoms with E-state index in [9.17, 15) is 5.11 Å². The van der Waals surface area contributed by atoms with Gasteiger partial charge in [0, 0.05) is 5.57 Å². The van der Waals surface area contributed by atoms with Crippen molar-refractivity contribution in [2.24, 2.45) is 0 Å².